The Balaban J connectivity index is 0.000000565. The highest BCUT2D eigenvalue weighted by Crippen LogP contribution is 2.16. The van der Waals surface area contributed by atoms with E-state index in [0.717, 1.165) is 65.8 Å². The number of hydrogen-bond donors (Lipinski definition) is 2. The number of fused-ring (bicyclic) bond motifs is 8. The van der Waals surface area contributed by atoms with E-state index < -0.39 is 0 Å². The molecule has 8 bridgehead atoms. The van der Waals surface area contributed by atoms with Crippen molar-refractivity contribution in [1.82, 2.24) is 19.9 Å². The number of nitrogens with zero attached hydrogens (tertiary/aromatic N) is 2. The van der Waals surface area contributed by atoms with Crippen molar-refractivity contribution < 1.29 is 4.12 Å². The lowest BCUT2D eigenvalue weighted by Crippen LogP contribution is -1.75. The molecule has 0 unspecified atom stereocenters. The average molecular weight is 389 g/mol. The predicted octanol–water partition coefficient (Wildman–Crippen LogP) is 2.22. The quantitative estimate of drug-likeness (QED) is 0.400. The van der Waals surface area contributed by atoms with E-state index in [2.05, 4.69) is 48.3 Å². The van der Waals surface area contributed by atoms with E-state index in [4.69, 9.17) is 0 Å². The first kappa shape index (κ1) is 17.4. The Labute approximate surface area is 163 Å². The Hall–Kier alpha value is -3.01. The summed E-state index contributed by atoms with van der Waals surface area (Å²) >= 11 is 0. The highest BCUT2D eigenvalue weighted by atomic mass is 28.3. The zero-order chi connectivity index (χ0) is 18.6. The standard InChI is InChI=1S/C20H14N4.H6OSi2/c1-2-14-10-16-5-6-18(23-16)12-20-8-7-19(24-20)11-17-4-3-15(22-17)9-13(1)21-14;2-1-3/h1-12,21,24H;2-3H3. The van der Waals surface area contributed by atoms with E-state index in [9.17, 15) is 0 Å². The van der Waals surface area contributed by atoms with Crippen molar-refractivity contribution >= 4 is 67.3 Å². The van der Waals surface area contributed by atoms with E-state index in [1.807, 2.05) is 48.6 Å². The van der Waals surface area contributed by atoms with Gasteiger partial charge in [-0.25, -0.2) is 9.97 Å². The van der Waals surface area contributed by atoms with Crippen LogP contribution in [0.3, 0.4) is 0 Å². The molecule has 3 aromatic heterocycles. The SMILES string of the molecule is C1=Cc2cc3ccc(cc4nc(cc5ccc(cc1n2)[nH]5)C=C4)[nH]3.[SiH3]O[SiH3]. The van der Waals surface area contributed by atoms with Crippen LogP contribution in [0.15, 0.2) is 48.5 Å². The smallest absolute Gasteiger partial charge is 0.129 e. The molecule has 0 amide bonds. The first-order valence-electron chi connectivity index (χ1n) is 8.66. The molecule has 0 atom stereocenters. The van der Waals surface area contributed by atoms with Gasteiger partial charge in [0, 0.05) is 22.1 Å². The summed E-state index contributed by atoms with van der Waals surface area (Å²) in [6.07, 6.45) is 8.09. The van der Waals surface area contributed by atoms with Gasteiger partial charge in [0.2, 0.25) is 0 Å². The molecule has 0 aliphatic carbocycles. The molecule has 0 saturated carbocycles. The van der Waals surface area contributed by atoms with E-state index in [1.54, 1.807) is 0 Å². The van der Waals surface area contributed by atoms with Crippen molar-refractivity contribution in [2.24, 2.45) is 0 Å². The summed E-state index contributed by atoms with van der Waals surface area (Å²) in [6.45, 7) is 0. The van der Waals surface area contributed by atoms with Crippen molar-refractivity contribution in [3.8, 4) is 0 Å². The Morgan fingerprint density at radius 1 is 0.556 bits per heavy atom. The molecule has 2 N–H and O–H groups in total. The second-order valence-corrected chi connectivity index (χ2v) is 9.58. The fourth-order valence-electron chi connectivity index (χ4n) is 2.94. The van der Waals surface area contributed by atoms with Crippen LogP contribution in [0.4, 0.5) is 0 Å². The molecule has 27 heavy (non-hydrogen) atoms. The van der Waals surface area contributed by atoms with Gasteiger partial charge in [-0.2, -0.15) is 0 Å². The number of hydrogen-bond acceptors (Lipinski definition) is 3. The molecule has 5 heterocycles. The minimum Gasteiger partial charge on any atom is -0.471 e. The van der Waals surface area contributed by atoms with Crippen LogP contribution in [0.25, 0.3) is 46.4 Å². The molecule has 0 radical (unpaired) electrons. The van der Waals surface area contributed by atoms with Crippen molar-refractivity contribution in [1.29, 1.82) is 0 Å². The molecule has 3 aromatic rings. The van der Waals surface area contributed by atoms with Crippen LogP contribution >= 0.6 is 0 Å². The van der Waals surface area contributed by atoms with Crippen molar-refractivity contribution in [3.05, 3.63) is 71.3 Å². The van der Waals surface area contributed by atoms with E-state index in [1.165, 1.54) is 0 Å². The zero-order valence-corrected chi connectivity index (χ0v) is 19.2. The average Bonchev–Trinajstić information content (AvgIpc) is 3.41. The van der Waals surface area contributed by atoms with Gasteiger partial charge in [-0.1, -0.05) is 0 Å². The number of aromatic amines is 2. The Bertz CT molecular complexity index is 1020. The third-order valence-corrected chi connectivity index (χ3v) is 4.04. The predicted molar refractivity (Wildman–Crippen MR) is 120 cm³/mol. The lowest BCUT2D eigenvalue weighted by atomic mass is 10.3. The van der Waals surface area contributed by atoms with Crippen LogP contribution in [-0.4, -0.2) is 40.9 Å². The number of rotatable bonds is 0. The van der Waals surface area contributed by atoms with Crippen LogP contribution in [0.1, 0.15) is 22.8 Å². The van der Waals surface area contributed by atoms with Gasteiger partial charge in [0.05, 0.1) is 22.8 Å². The highest BCUT2D eigenvalue weighted by Gasteiger charge is 2.01. The molecule has 2 aliphatic heterocycles. The largest absolute Gasteiger partial charge is 0.471 e. The van der Waals surface area contributed by atoms with Gasteiger partial charge in [-0.05, 0) is 72.8 Å². The van der Waals surface area contributed by atoms with Crippen molar-refractivity contribution in [2.45, 2.75) is 0 Å². The van der Waals surface area contributed by atoms with Gasteiger partial charge in [-0.3, -0.25) is 0 Å². The zero-order valence-electron chi connectivity index (χ0n) is 15.2. The molecule has 0 aromatic carbocycles. The summed E-state index contributed by atoms with van der Waals surface area (Å²) in [7, 11) is 1.86. The Morgan fingerprint density at radius 3 is 1.07 bits per heavy atom. The topological polar surface area (TPSA) is 66.6 Å². The van der Waals surface area contributed by atoms with Gasteiger partial charge in [0.1, 0.15) is 21.0 Å². The normalized spacial score (nSPS) is 12.1. The van der Waals surface area contributed by atoms with E-state index in [0.29, 0.717) is 0 Å². The van der Waals surface area contributed by atoms with Crippen LogP contribution in [0.5, 0.6) is 0 Å². The van der Waals surface area contributed by atoms with Crippen LogP contribution in [0.2, 0.25) is 0 Å². The maximum atomic E-state index is 4.63. The molecular formula is C20H20N4OSi2. The maximum absolute atomic E-state index is 4.63. The minimum absolute atomic E-state index is 0.931. The Kier molecular flexibility index (Phi) is 4.97. The van der Waals surface area contributed by atoms with Crippen molar-refractivity contribution in [2.75, 3.05) is 0 Å². The van der Waals surface area contributed by atoms with Gasteiger partial charge >= 0.3 is 0 Å². The van der Waals surface area contributed by atoms with Crippen LogP contribution < -0.4 is 0 Å². The second-order valence-electron chi connectivity index (χ2n) is 6.31. The van der Waals surface area contributed by atoms with Crippen molar-refractivity contribution in [3.63, 3.8) is 0 Å². The minimum atomic E-state index is 0.931. The summed E-state index contributed by atoms with van der Waals surface area (Å²) in [4.78, 5) is 16.0. The number of aromatic nitrogens is 4. The lowest BCUT2D eigenvalue weighted by molar-refractivity contribution is 0.690. The molecule has 5 rings (SSSR count). The molecule has 2 aliphatic rings. The Morgan fingerprint density at radius 2 is 0.815 bits per heavy atom. The molecule has 134 valence electrons. The molecular weight excluding hydrogens is 368 g/mol. The first-order valence-corrected chi connectivity index (χ1v) is 10.3. The fourth-order valence-corrected chi connectivity index (χ4v) is 2.94. The highest BCUT2D eigenvalue weighted by molar-refractivity contribution is 6.15. The number of H-pyrrole nitrogens is 2. The van der Waals surface area contributed by atoms with E-state index in [-0.39, 0.29) is 0 Å². The maximum Gasteiger partial charge on any atom is 0.129 e. The summed E-state index contributed by atoms with van der Waals surface area (Å²) in [6, 6.07) is 16.4. The van der Waals surface area contributed by atoms with Gasteiger partial charge in [-0.15, -0.1) is 0 Å². The van der Waals surface area contributed by atoms with Crippen LogP contribution in [0, 0.1) is 0 Å². The van der Waals surface area contributed by atoms with E-state index >= 15 is 0 Å². The first-order chi connectivity index (χ1) is 13.2. The molecule has 0 saturated heterocycles. The number of nitrogens with one attached hydrogen (secondary N) is 2. The third-order valence-electron chi connectivity index (χ3n) is 4.04. The monoisotopic (exact) mass is 388 g/mol. The summed E-state index contributed by atoms with van der Waals surface area (Å²) in [5.74, 6) is 0. The van der Waals surface area contributed by atoms with Gasteiger partial charge in [0.25, 0.3) is 0 Å². The molecule has 0 fully saturated rings. The summed E-state index contributed by atoms with van der Waals surface area (Å²) in [5.41, 5.74) is 7.86. The van der Waals surface area contributed by atoms with Gasteiger partial charge < -0.3 is 14.1 Å². The fraction of sp³-hybridized carbons (Fsp3) is 0. The molecule has 7 heteroatoms. The van der Waals surface area contributed by atoms with Crippen LogP contribution in [-0.2, 0) is 4.12 Å². The second kappa shape index (κ2) is 7.71. The summed E-state index contributed by atoms with van der Waals surface area (Å²) in [5, 5.41) is 0. The molecule has 0 spiro atoms. The third kappa shape index (κ3) is 4.22. The molecule has 5 nitrogen and oxygen atoms in total. The summed E-state index contributed by atoms with van der Waals surface area (Å²) < 4.78 is 4.53. The lowest BCUT2D eigenvalue weighted by Gasteiger charge is -1.85. The van der Waals surface area contributed by atoms with Gasteiger partial charge in [0.15, 0.2) is 0 Å².